The van der Waals surface area contributed by atoms with Crippen LogP contribution in [0.15, 0.2) is 30.3 Å². The predicted molar refractivity (Wildman–Crippen MR) is 68.4 cm³/mol. The molecule has 6 heteroatoms. The number of hydrogen-bond acceptors (Lipinski definition) is 5. The first-order valence-electron chi connectivity index (χ1n) is 5.87. The Kier molecular flexibility index (Phi) is 3.59. The molecular weight excluding hydrogens is 248 g/mol. The second-order valence-electron chi connectivity index (χ2n) is 4.45. The maximum atomic E-state index is 11.8. The molecule has 1 heterocycles. The maximum absolute atomic E-state index is 11.8. The highest BCUT2D eigenvalue weighted by Crippen LogP contribution is 2.30. The molecule has 2 rings (SSSR count). The highest BCUT2D eigenvalue weighted by Gasteiger charge is 2.45. The van der Waals surface area contributed by atoms with E-state index in [1.54, 1.807) is 19.0 Å². The van der Waals surface area contributed by atoms with Crippen LogP contribution in [0.4, 0.5) is 0 Å². The summed E-state index contributed by atoms with van der Waals surface area (Å²) in [5, 5.41) is 11.8. The molecule has 0 saturated heterocycles. The number of ether oxygens (including phenoxy) is 1. The van der Waals surface area contributed by atoms with Gasteiger partial charge in [-0.25, -0.2) is 0 Å². The lowest BCUT2D eigenvalue weighted by atomic mass is 9.92. The van der Waals surface area contributed by atoms with Crippen molar-refractivity contribution in [3.05, 3.63) is 41.1 Å². The molecule has 19 heavy (non-hydrogen) atoms. The van der Waals surface area contributed by atoms with Crippen molar-refractivity contribution in [1.82, 2.24) is 4.90 Å². The van der Waals surface area contributed by atoms with Crippen molar-refractivity contribution in [2.45, 2.75) is 12.0 Å². The zero-order chi connectivity index (χ0) is 14.0. The van der Waals surface area contributed by atoms with Gasteiger partial charge in [0.25, 0.3) is 0 Å². The van der Waals surface area contributed by atoms with Gasteiger partial charge >= 0.3 is 11.8 Å². The highest BCUT2D eigenvalue weighted by molar-refractivity contribution is 5.92. The van der Waals surface area contributed by atoms with E-state index in [-0.39, 0.29) is 0 Å². The first-order chi connectivity index (χ1) is 9.06. The Balaban J connectivity index is 2.44. The summed E-state index contributed by atoms with van der Waals surface area (Å²) in [6.45, 7) is 0. The van der Waals surface area contributed by atoms with Gasteiger partial charge in [0.2, 0.25) is 0 Å². The number of rotatable bonds is 2. The SMILES string of the molecule is COC(=O)[C@H]1O[N+]([O-])=C(N(C)C)[C@@H]1c1ccccc1. The fourth-order valence-electron chi connectivity index (χ4n) is 2.19. The summed E-state index contributed by atoms with van der Waals surface area (Å²) >= 11 is 0. The topological polar surface area (TPSA) is 64.8 Å². The molecule has 0 saturated carbocycles. The maximum Gasteiger partial charge on any atom is 0.324 e. The monoisotopic (exact) mass is 264 g/mol. The van der Waals surface area contributed by atoms with Gasteiger partial charge in [-0.3, -0.25) is 9.69 Å². The lowest BCUT2D eigenvalue weighted by Gasteiger charge is -2.19. The van der Waals surface area contributed by atoms with Crippen LogP contribution in [0, 0.1) is 5.21 Å². The Morgan fingerprint density at radius 2 is 2.00 bits per heavy atom. The molecule has 1 aliphatic rings. The van der Waals surface area contributed by atoms with Gasteiger partial charge < -0.3 is 14.8 Å². The molecule has 1 aromatic rings. The fraction of sp³-hybridized carbons (Fsp3) is 0.385. The summed E-state index contributed by atoms with van der Waals surface area (Å²) in [5.41, 5.74) is 0.833. The van der Waals surface area contributed by atoms with Crippen LogP contribution in [0.3, 0.4) is 0 Å². The van der Waals surface area contributed by atoms with Crippen molar-refractivity contribution in [2.75, 3.05) is 21.2 Å². The van der Waals surface area contributed by atoms with E-state index in [1.165, 1.54) is 7.11 Å². The van der Waals surface area contributed by atoms with Crippen molar-refractivity contribution in [3.63, 3.8) is 0 Å². The van der Waals surface area contributed by atoms with Crippen LogP contribution in [-0.2, 0) is 14.4 Å². The lowest BCUT2D eigenvalue weighted by Crippen LogP contribution is -2.35. The normalized spacial score (nSPS) is 22.1. The zero-order valence-corrected chi connectivity index (χ0v) is 11.1. The number of nitrogens with zero attached hydrogens (tertiary/aromatic N) is 2. The quantitative estimate of drug-likeness (QED) is 0.582. The summed E-state index contributed by atoms with van der Waals surface area (Å²) in [6.07, 6.45) is -0.956. The van der Waals surface area contributed by atoms with Gasteiger partial charge in [-0.1, -0.05) is 30.3 Å². The van der Waals surface area contributed by atoms with Gasteiger partial charge in [-0.05, 0) is 10.5 Å². The van der Waals surface area contributed by atoms with Crippen molar-refractivity contribution >= 4 is 11.8 Å². The van der Waals surface area contributed by atoms with E-state index in [1.807, 2.05) is 30.3 Å². The smallest absolute Gasteiger partial charge is 0.324 e. The minimum atomic E-state index is -0.956. The average Bonchev–Trinajstić information content (AvgIpc) is 2.76. The molecule has 6 nitrogen and oxygen atoms in total. The Bertz CT molecular complexity index is 499. The number of carbonyl (C=O) groups is 1. The van der Waals surface area contributed by atoms with E-state index >= 15 is 0 Å². The molecule has 0 aromatic heterocycles. The molecule has 0 N–H and O–H groups in total. The molecule has 0 aliphatic carbocycles. The third kappa shape index (κ3) is 2.33. The van der Waals surface area contributed by atoms with Crippen LogP contribution in [0.5, 0.6) is 0 Å². The summed E-state index contributed by atoms with van der Waals surface area (Å²) in [6, 6.07) is 9.28. The van der Waals surface area contributed by atoms with Gasteiger partial charge in [0, 0.05) is 0 Å². The number of benzene rings is 1. The van der Waals surface area contributed by atoms with Gasteiger partial charge in [-0.15, -0.1) is 0 Å². The third-order valence-electron chi connectivity index (χ3n) is 3.03. The molecule has 0 unspecified atom stereocenters. The summed E-state index contributed by atoms with van der Waals surface area (Å²) in [4.78, 5) is 18.9. The van der Waals surface area contributed by atoms with E-state index in [2.05, 4.69) is 0 Å². The van der Waals surface area contributed by atoms with Crippen molar-refractivity contribution in [1.29, 1.82) is 0 Å². The molecule has 1 aliphatic heterocycles. The molecule has 0 fully saturated rings. The molecule has 0 spiro atoms. The van der Waals surface area contributed by atoms with Crippen LogP contribution >= 0.6 is 0 Å². The molecule has 0 bridgehead atoms. The molecule has 0 amide bonds. The van der Waals surface area contributed by atoms with Gasteiger partial charge in [0.05, 0.1) is 21.2 Å². The van der Waals surface area contributed by atoms with Gasteiger partial charge in [-0.2, -0.15) is 0 Å². The summed E-state index contributed by atoms with van der Waals surface area (Å²) in [7, 11) is 4.74. The lowest BCUT2D eigenvalue weighted by molar-refractivity contribution is -0.739. The summed E-state index contributed by atoms with van der Waals surface area (Å²) < 4.78 is 4.70. The Hall–Kier alpha value is -2.24. The Morgan fingerprint density at radius 3 is 2.53 bits per heavy atom. The van der Waals surface area contributed by atoms with E-state index < -0.39 is 18.0 Å². The highest BCUT2D eigenvalue weighted by atomic mass is 16.9. The second kappa shape index (κ2) is 5.17. The number of methoxy groups -OCH3 is 1. The number of hydrogen-bond donors (Lipinski definition) is 0. The fourth-order valence-corrected chi connectivity index (χ4v) is 2.19. The predicted octanol–water partition coefficient (Wildman–Crippen LogP) is 0.727. The van der Waals surface area contributed by atoms with E-state index in [0.29, 0.717) is 10.7 Å². The van der Waals surface area contributed by atoms with Gasteiger partial charge in [0.1, 0.15) is 5.92 Å². The van der Waals surface area contributed by atoms with Crippen molar-refractivity contribution in [2.24, 2.45) is 0 Å². The van der Waals surface area contributed by atoms with Crippen LogP contribution in [0.1, 0.15) is 11.5 Å². The second-order valence-corrected chi connectivity index (χ2v) is 4.45. The van der Waals surface area contributed by atoms with E-state index in [9.17, 15) is 10.0 Å². The molecule has 2 atom stereocenters. The Labute approximate surface area is 111 Å². The summed E-state index contributed by atoms with van der Waals surface area (Å²) in [5.74, 6) is -0.658. The zero-order valence-electron chi connectivity index (χ0n) is 11.1. The number of likely N-dealkylation sites (N-methyl/N-ethyl adjacent to an activating group) is 1. The van der Waals surface area contributed by atoms with Crippen molar-refractivity contribution in [3.8, 4) is 0 Å². The molecule has 1 aromatic carbocycles. The average molecular weight is 264 g/mol. The van der Waals surface area contributed by atoms with Crippen molar-refractivity contribution < 1.29 is 19.3 Å². The van der Waals surface area contributed by atoms with Crippen LogP contribution in [-0.4, -0.2) is 48.9 Å². The minimum absolute atomic E-state index is 0.376. The number of carbonyl (C=O) groups excluding carboxylic acids is 1. The number of amidine groups is 1. The first-order valence-corrected chi connectivity index (χ1v) is 5.87. The minimum Gasteiger partial charge on any atom is -0.468 e. The molecule has 0 radical (unpaired) electrons. The molecule has 102 valence electrons. The molecular formula is C13H16N2O4. The van der Waals surface area contributed by atoms with E-state index in [4.69, 9.17) is 9.57 Å². The van der Waals surface area contributed by atoms with Crippen LogP contribution < -0.4 is 0 Å². The first kappa shape index (κ1) is 13.2. The van der Waals surface area contributed by atoms with Gasteiger partial charge in [0.15, 0.2) is 6.10 Å². The standard InChI is InChI=1S/C13H16N2O4/c1-14(2)12-10(9-7-5-4-6-8-9)11(13(16)18-3)19-15(12)17/h4-8,10-11H,1-3H3/t10-,11+/m1/s1. The number of esters is 1. The van der Waals surface area contributed by atoms with Crippen LogP contribution in [0.25, 0.3) is 0 Å². The van der Waals surface area contributed by atoms with E-state index in [0.717, 1.165) is 5.56 Å². The van der Waals surface area contributed by atoms with Crippen LogP contribution in [0.2, 0.25) is 0 Å². The Morgan fingerprint density at radius 1 is 1.37 bits per heavy atom. The third-order valence-corrected chi connectivity index (χ3v) is 3.03. The largest absolute Gasteiger partial charge is 0.468 e.